The van der Waals surface area contributed by atoms with Crippen molar-refractivity contribution < 1.29 is 23.8 Å². The highest BCUT2D eigenvalue weighted by molar-refractivity contribution is 5.89. The summed E-state index contributed by atoms with van der Waals surface area (Å²) in [5, 5.41) is 0. The monoisotopic (exact) mass is 350 g/mol. The fourth-order valence-corrected chi connectivity index (χ4v) is 2.46. The summed E-state index contributed by atoms with van der Waals surface area (Å²) >= 11 is 0. The van der Waals surface area contributed by atoms with Crippen molar-refractivity contribution in [2.45, 2.75) is 59.5 Å². The van der Waals surface area contributed by atoms with Crippen LogP contribution in [0.1, 0.15) is 62.9 Å². The molecule has 5 heteroatoms. The number of aryl methyl sites for hydroxylation is 1. The average molecular weight is 350 g/mol. The maximum Gasteiger partial charge on any atom is 0.508 e. The highest BCUT2D eigenvalue weighted by atomic mass is 16.7. The molecular formula is C20H30O5. The van der Waals surface area contributed by atoms with E-state index in [2.05, 4.69) is 6.92 Å². The molecule has 0 aromatic heterocycles. The van der Waals surface area contributed by atoms with Crippen molar-refractivity contribution in [3.63, 3.8) is 0 Å². The number of benzene rings is 1. The number of hydrogen-bond acceptors (Lipinski definition) is 5. The van der Waals surface area contributed by atoms with E-state index in [1.807, 2.05) is 26.0 Å². The Bertz CT molecular complexity index is 523. The largest absolute Gasteiger partial charge is 0.508 e. The second-order valence-electron chi connectivity index (χ2n) is 6.12. The van der Waals surface area contributed by atoms with Gasteiger partial charge in [0.15, 0.2) is 0 Å². The molecule has 0 fully saturated rings. The summed E-state index contributed by atoms with van der Waals surface area (Å²) in [5.74, 6) is -0.459. The van der Waals surface area contributed by atoms with Gasteiger partial charge in [0.1, 0.15) is 12.7 Å². The van der Waals surface area contributed by atoms with E-state index in [0.29, 0.717) is 12.0 Å². The molecule has 1 aromatic rings. The number of carbonyl (C=O) groups is 2. The second kappa shape index (κ2) is 11.5. The first kappa shape index (κ1) is 21.0. The molecule has 0 spiro atoms. The number of rotatable bonds is 10. The summed E-state index contributed by atoms with van der Waals surface area (Å²) in [6, 6.07) is 7.56. The molecule has 0 amide bonds. The van der Waals surface area contributed by atoms with Crippen LogP contribution in [0.25, 0.3) is 0 Å². The van der Waals surface area contributed by atoms with Crippen molar-refractivity contribution >= 4 is 12.1 Å². The van der Waals surface area contributed by atoms with Crippen LogP contribution < -0.4 is 0 Å². The maximum absolute atomic E-state index is 12.3. The number of unbranched alkanes of at least 4 members (excludes halogenated alkanes) is 1. The SMILES string of the molecule is CCCCc1ccc(C(=O)OC(CC)C(C)COC(=O)OCC)cc1. The Labute approximate surface area is 150 Å². The van der Waals surface area contributed by atoms with E-state index in [1.54, 1.807) is 19.1 Å². The second-order valence-corrected chi connectivity index (χ2v) is 6.12. The lowest BCUT2D eigenvalue weighted by atomic mass is 10.0. The van der Waals surface area contributed by atoms with Gasteiger partial charge in [-0.3, -0.25) is 0 Å². The number of carbonyl (C=O) groups excluding carboxylic acids is 2. The van der Waals surface area contributed by atoms with Gasteiger partial charge in [-0.1, -0.05) is 39.3 Å². The smallest absolute Gasteiger partial charge is 0.458 e. The zero-order valence-corrected chi connectivity index (χ0v) is 15.7. The zero-order valence-electron chi connectivity index (χ0n) is 15.7. The molecule has 0 aliphatic rings. The predicted octanol–water partition coefficient (Wildman–Crippen LogP) is 4.77. The maximum atomic E-state index is 12.3. The van der Waals surface area contributed by atoms with Gasteiger partial charge in [0.05, 0.1) is 12.2 Å². The molecule has 2 unspecified atom stereocenters. The summed E-state index contributed by atoms with van der Waals surface area (Å²) in [6.07, 6.45) is 2.94. The van der Waals surface area contributed by atoms with Gasteiger partial charge in [-0.25, -0.2) is 9.59 Å². The summed E-state index contributed by atoms with van der Waals surface area (Å²) in [7, 11) is 0. The van der Waals surface area contributed by atoms with E-state index in [-0.39, 0.29) is 31.2 Å². The quantitative estimate of drug-likeness (QED) is 0.569. The molecule has 0 N–H and O–H groups in total. The van der Waals surface area contributed by atoms with Crippen LogP contribution in [0.5, 0.6) is 0 Å². The van der Waals surface area contributed by atoms with E-state index >= 15 is 0 Å². The van der Waals surface area contributed by atoms with Crippen molar-refractivity contribution in [2.75, 3.05) is 13.2 Å². The lowest BCUT2D eigenvalue weighted by Crippen LogP contribution is -2.29. The van der Waals surface area contributed by atoms with E-state index < -0.39 is 6.16 Å². The Hall–Kier alpha value is -2.04. The third kappa shape index (κ3) is 7.59. The first-order chi connectivity index (χ1) is 12.0. The Balaban J connectivity index is 2.55. The molecule has 25 heavy (non-hydrogen) atoms. The van der Waals surface area contributed by atoms with Crippen LogP contribution in [0.4, 0.5) is 4.79 Å². The first-order valence-corrected chi connectivity index (χ1v) is 9.11. The Morgan fingerprint density at radius 1 is 1.04 bits per heavy atom. The first-order valence-electron chi connectivity index (χ1n) is 9.11. The van der Waals surface area contributed by atoms with Gasteiger partial charge >= 0.3 is 12.1 Å². The van der Waals surface area contributed by atoms with Gasteiger partial charge in [-0.2, -0.15) is 0 Å². The van der Waals surface area contributed by atoms with Crippen LogP contribution in [0.2, 0.25) is 0 Å². The summed E-state index contributed by atoms with van der Waals surface area (Å²) in [5.41, 5.74) is 1.76. The Kier molecular flexibility index (Phi) is 9.66. The molecule has 0 aliphatic carbocycles. The van der Waals surface area contributed by atoms with Crippen molar-refractivity contribution in [3.8, 4) is 0 Å². The highest BCUT2D eigenvalue weighted by Crippen LogP contribution is 2.16. The molecule has 0 saturated heterocycles. The minimum absolute atomic E-state index is 0.109. The fraction of sp³-hybridized carbons (Fsp3) is 0.600. The topological polar surface area (TPSA) is 61.8 Å². The van der Waals surface area contributed by atoms with E-state index in [9.17, 15) is 9.59 Å². The molecule has 1 aromatic carbocycles. The van der Waals surface area contributed by atoms with E-state index in [0.717, 1.165) is 19.3 Å². The van der Waals surface area contributed by atoms with Gasteiger partial charge < -0.3 is 14.2 Å². The molecule has 0 heterocycles. The Morgan fingerprint density at radius 3 is 2.28 bits per heavy atom. The lowest BCUT2D eigenvalue weighted by molar-refractivity contribution is -0.00513. The van der Waals surface area contributed by atoms with Crippen LogP contribution in [0.15, 0.2) is 24.3 Å². The third-order valence-electron chi connectivity index (χ3n) is 4.03. The highest BCUT2D eigenvalue weighted by Gasteiger charge is 2.22. The average Bonchev–Trinajstić information content (AvgIpc) is 2.62. The molecule has 0 bridgehead atoms. The van der Waals surface area contributed by atoms with Crippen molar-refractivity contribution in [1.82, 2.24) is 0 Å². The molecule has 140 valence electrons. The summed E-state index contributed by atoms with van der Waals surface area (Å²) < 4.78 is 15.3. The zero-order chi connectivity index (χ0) is 18.7. The molecule has 5 nitrogen and oxygen atoms in total. The van der Waals surface area contributed by atoms with Crippen molar-refractivity contribution in [3.05, 3.63) is 35.4 Å². The van der Waals surface area contributed by atoms with Crippen LogP contribution in [0.3, 0.4) is 0 Å². The van der Waals surface area contributed by atoms with E-state index in [1.165, 1.54) is 5.56 Å². The Morgan fingerprint density at radius 2 is 1.72 bits per heavy atom. The molecular weight excluding hydrogens is 320 g/mol. The molecule has 1 rings (SSSR count). The van der Waals surface area contributed by atoms with Crippen LogP contribution in [-0.4, -0.2) is 31.4 Å². The lowest BCUT2D eigenvalue weighted by Gasteiger charge is -2.22. The standard InChI is InChI=1S/C20H30O5/c1-5-8-9-16-10-12-17(13-11-16)19(21)25-18(6-2)15(4)14-24-20(22)23-7-3/h10-13,15,18H,5-9,14H2,1-4H3. The minimum atomic E-state index is -0.696. The van der Waals surface area contributed by atoms with Gasteiger partial charge in [0, 0.05) is 5.92 Å². The normalized spacial score (nSPS) is 13.0. The number of esters is 1. The van der Waals surface area contributed by atoms with Gasteiger partial charge in [-0.05, 0) is 43.9 Å². The van der Waals surface area contributed by atoms with Gasteiger partial charge in [-0.15, -0.1) is 0 Å². The molecule has 0 aliphatic heterocycles. The van der Waals surface area contributed by atoms with Gasteiger partial charge in [0.25, 0.3) is 0 Å². The van der Waals surface area contributed by atoms with Crippen LogP contribution in [-0.2, 0) is 20.6 Å². The fourth-order valence-electron chi connectivity index (χ4n) is 2.46. The third-order valence-corrected chi connectivity index (χ3v) is 4.03. The number of hydrogen-bond donors (Lipinski definition) is 0. The van der Waals surface area contributed by atoms with E-state index in [4.69, 9.17) is 14.2 Å². The van der Waals surface area contributed by atoms with Crippen molar-refractivity contribution in [2.24, 2.45) is 5.92 Å². The summed E-state index contributed by atoms with van der Waals surface area (Å²) in [4.78, 5) is 23.6. The minimum Gasteiger partial charge on any atom is -0.458 e. The molecule has 0 radical (unpaired) electrons. The molecule has 2 atom stereocenters. The van der Waals surface area contributed by atoms with Crippen molar-refractivity contribution in [1.29, 1.82) is 0 Å². The predicted molar refractivity (Wildman–Crippen MR) is 96.7 cm³/mol. The van der Waals surface area contributed by atoms with Crippen LogP contribution in [0, 0.1) is 5.92 Å². The van der Waals surface area contributed by atoms with Crippen LogP contribution >= 0.6 is 0 Å². The number of ether oxygens (including phenoxy) is 3. The molecule has 0 saturated carbocycles. The summed E-state index contributed by atoms with van der Waals surface area (Å²) in [6.45, 7) is 8.12. The van der Waals surface area contributed by atoms with Gasteiger partial charge in [0.2, 0.25) is 0 Å².